The van der Waals surface area contributed by atoms with Crippen LogP contribution in [0.3, 0.4) is 0 Å². The molecule has 0 heterocycles. The van der Waals surface area contributed by atoms with Gasteiger partial charge in [-0.1, -0.05) is 0 Å². The topological polar surface area (TPSA) is 96.3 Å². The Morgan fingerprint density at radius 1 is 1.29 bits per heavy atom. The van der Waals surface area contributed by atoms with Crippen LogP contribution in [0, 0.1) is 0 Å². The molecular formula is H2BCaNaO4. The van der Waals surface area contributed by atoms with Crippen LogP contribution in [0.1, 0.15) is 0 Å². The van der Waals surface area contributed by atoms with Crippen molar-refractivity contribution in [2.45, 2.75) is 0 Å². The fourth-order valence-corrected chi connectivity index (χ4v) is 0. The summed E-state index contributed by atoms with van der Waals surface area (Å²) in [6.45, 7) is 0. The molecule has 0 atom stereocenters. The van der Waals surface area contributed by atoms with Crippen molar-refractivity contribution < 1.29 is 50.1 Å². The minimum absolute atomic E-state index is 0. The molecule has 0 aliphatic heterocycles. The number of hydrogen-bond acceptors (Lipinski definition) is 4. The van der Waals surface area contributed by atoms with Crippen LogP contribution < -0.4 is 39.6 Å². The van der Waals surface area contributed by atoms with Gasteiger partial charge in [-0.2, -0.15) is 0 Å². The first-order chi connectivity index (χ1) is 1.73. The summed E-state index contributed by atoms with van der Waals surface area (Å²) in [7, 11) is -2.67. The molecule has 4 nitrogen and oxygen atoms in total. The summed E-state index contributed by atoms with van der Waals surface area (Å²) in [5, 5.41) is 24.0. The van der Waals surface area contributed by atoms with E-state index in [2.05, 4.69) is 0 Å². The standard InChI is InChI=1S/BHO3.Ca.Na.H2O/c2-1(3)4;;;/h2H;;;1H2/q-2;+2;+1;/p-1. The van der Waals surface area contributed by atoms with Crippen LogP contribution in [-0.4, -0.2) is 55.6 Å². The van der Waals surface area contributed by atoms with Gasteiger partial charge >= 0.3 is 67.3 Å². The van der Waals surface area contributed by atoms with Crippen molar-refractivity contribution in [3.8, 4) is 0 Å². The van der Waals surface area contributed by atoms with Crippen LogP contribution >= 0.6 is 0 Å². The molecular weight excluding hydrogens is 138 g/mol. The van der Waals surface area contributed by atoms with Crippen LogP contribution in [0.15, 0.2) is 0 Å². The summed E-state index contributed by atoms with van der Waals surface area (Å²) < 4.78 is 0. The molecule has 0 radical (unpaired) electrons. The number of rotatable bonds is 0. The first kappa shape index (κ1) is 22.9. The van der Waals surface area contributed by atoms with E-state index in [0.29, 0.717) is 0 Å². The molecule has 0 bridgehead atoms. The monoisotopic (exact) mass is 140 g/mol. The molecule has 0 unspecified atom stereocenters. The summed E-state index contributed by atoms with van der Waals surface area (Å²) in [4.78, 5) is 0. The van der Waals surface area contributed by atoms with Crippen LogP contribution in [-0.2, 0) is 0 Å². The first-order valence-corrected chi connectivity index (χ1v) is 0.730. The Labute approximate surface area is 93.7 Å². The van der Waals surface area contributed by atoms with Gasteiger partial charge in [-0.05, 0) is 0 Å². The Kier molecular flexibility index (Phi) is 51.4. The molecule has 0 aromatic carbocycles. The Hall–Kier alpha value is 2.16. The van der Waals surface area contributed by atoms with Gasteiger partial charge < -0.3 is 20.5 Å². The normalized spacial score (nSPS) is 3.86. The molecule has 7 heteroatoms. The molecule has 7 heavy (non-hydrogen) atoms. The van der Waals surface area contributed by atoms with Crippen LogP contribution in [0.5, 0.6) is 0 Å². The van der Waals surface area contributed by atoms with E-state index in [9.17, 15) is 0 Å². The van der Waals surface area contributed by atoms with Crippen molar-refractivity contribution in [2.24, 2.45) is 0 Å². The van der Waals surface area contributed by atoms with Crippen molar-refractivity contribution in [3.05, 3.63) is 0 Å². The summed E-state index contributed by atoms with van der Waals surface area (Å²) in [5.74, 6) is 0. The smallest absolute Gasteiger partial charge is 0.871 e. The van der Waals surface area contributed by atoms with E-state index in [-0.39, 0.29) is 72.8 Å². The maximum absolute atomic E-state index is 8.53. The predicted molar refractivity (Wildman–Crippen MR) is 15.7 cm³/mol. The Bertz CT molecular complexity index is 16.4. The number of hydrogen-bond donors (Lipinski definition) is 1. The maximum atomic E-state index is 8.53. The summed E-state index contributed by atoms with van der Waals surface area (Å²) >= 11 is 0. The van der Waals surface area contributed by atoms with Crippen molar-refractivity contribution >= 4 is 45.1 Å². The molecule has 2 N–H and O–H groups in total. The Balaban J connectivity index is -0.0000000150. The summed E-state index contributed by atoms with van der Waals surface area (Å²) in [6, 6.07) is 0. The van der Waals surface area contributed by atoms with Gasteiger partial charge in [0.15, 0.2) is 0 Å². The third-order valence-electron chi connectivity index (χ3n) is 0. The van der Waals surface area contributed by atoms with Gasteiger partial charge in [0.2, 0.25) is 0 Å². The van der Waals surface area contributed by atoms with Gasteiger partial charge in [-0.3, -0.25) is 0 Å². The van der Waals surface area contributed by atoms with Gasteiger partial charge in [-0.15, -0.1) is 0 Å². The fraction of sp³-hybridized carbons (Fsp3) is 0. The molecule has 0 aromatic heterocycles. The summed E-state index contributed by atoms with van der Waals surface area (Å²) in [5.41, 5.74) is 0. The van der Waals surface area contributed by atoms with E-state index in [1.54, 1.807) is 0 Å². The molecule has 0 aliphatic carbocycles. The molecule has 0 aromatic rings. The average molecular weight is 140 g/mol. The molecule has 0 aliphatic rings. The average Bonchev–Trinajstić information content (AvgIpc) is 0.811. The molecule has 0 spiro atoms. The molecule has 0 fully saturated rings. The van der Waals surface area contributed by atoms with Gasteiger partial charge in [0.1, 0.15) is 0 Å². The molecule has 0 saturated heterocycles. The fourth-order valence-electron chi connectivity index (χ4n) is 0. The Morgan fingerprint density at radius 2 is 1.29 bits per heavy atom. The zero-order valence-electron chi connectivity index (χ0n) is 4.00. The van der Waals surface area contributed by atoms with Gasteiger partial charge in [0.25, 0.3) is 0 Å². The molecule has 0 amide bonds. The van der Waals surface area contributed by atoms with Gasteiger partial charge in [0.05, 0.1) is 7.32 Å². The SMILES string of the molecule is [Ca+2].[Na+].[O-]B([O-])O.[OH-]. The van der Waals surface area contributed by atoms with E-state index < -0.39 is 7.32 Å². The minimum Gasteiger partial charge on any atom is -0.871 e. The van der Waals surface area contributed by atoms with E-state index in [1.807, 2.05) is 0 Å². The Morgan fingerprint density at radius 3 is 1.29 bits per heavy atom. The summed E-state index contributed by atoms with van der Waals surface area (Å²) in [6.07, 6.45) is 0. The second-order valence-corrected chi connectivity index (χ2v) is 0.307. The van der Waals surface area contributed by atoms with E-state index in [1.165, 1.54) is 0 Å². The largest absolute Gasteiger partial charge is 2.00 e. The van der Waals surface area contributed by atoms with E-state index >= 15 is 0 Å². The van der Waals surface area contributed by atoms with Crippen LogP contribution in [0.4, 0.5) is 0 Å². The molecule has 32 valence electrons. The van der Waals surface area contributed by atoms with Crippen LogP contribution in [0.25, 0.3) is 0 Å². The van der Waals surface area contributed by atoms with E-state index in [0.717, 1.165) is 0 Å². The molecule has 0 saturated carbocycles. The second kappa shape index (κ2) is 15.7. The van der Waals surface area contributed by atoms with Gasteiger partial charge in [0, 0.05) is 0 Å². The minimum atomic E-state index is -2.67. The third-order valence-corrected chi connectivity index (χ3v) is 0. The zero-order chi connectivity index (χ0) is 3.58. The first-order valence-electron chi connectivity index (χ1n) is 0.730. The maximum Gasteiger partial charge on any atom is 2.00 e. The van der Waals surface area contributed by atoms with Crippen molar-refractivity contribution in [1.82, 2.24) is 0 Å². The van der Waals surface area contributed by atoms with Crippen molar-refractivity contribution in [2.75, 3.05) is 0 Å². The zero-order valence-corrected chi connectivity index (χ0v) is 8.20. The van der Waals surface area contributed by atoms with Gasteiger partial charge in [-0.25, -0.2) is 0 Å². The second-order valence-electron chi connectivity index (χ2n) is 0.307. The third kappa shape index (κ3) is 66.2. The molecule has 0 rings (SSSR count). The van der Waals surface area contributed by atoms with E-state index in [4.69, 9.17) is 15.1 Å². The van der Waals surface area contributed by atoms with Crippen molar-refractivity contribution in [1.29, 1.82) is 0 Å². The van der Waals surface area contributed by atoms with Crippen molar-refractivity contribution in [3.63, 3.8) is 0 Å². The van der Waals surface area contributed by atoms with Crippen LogP contribution in [0.2, 0.25) is 0 Å². The predicted octanol–water partition coefficient (Wildman–Crippen LogP) is -6.87. The quantitative estimate of drug-likeness (QED) is 0.338.